The van der Waals surface area contributed by atoms with Crippen molar-refractivity contribution in [3.8, 4) is 0 Å². The summed E-state index contributed by atoms with van der Waals surface area (Å²) < 4.78 is 0. The van der Waals surface area contributed by atoms with E-state index in [0.29, 0.717) is 6.42 Å². The summed E-state index contributed by atoms with van der Waals surface area (Å²) in [6.45, 7) is 3.21. The second-order valence-electron chi connectivity index (χ2n) is 5.17. The second-order valence-corrected chi connectivity index (χ2v) is 5.17. The van der Waals surface area contributed by atoms with Crippen LogP contribution >= 0.6 is 0 Å². The van der Waals surface area contributed by atoms with Crippen molar-refractivity contribution in [2.75, 3.05) is 6.54 Å². The first-order chi connectivity index (χ1) is 9.77. The van der Waals surface area contributed by atoms with E-state index in [0.717, 1.165) is 19.4 Å². The SMILES string of the molecule is C1=CCNC=C1.CCCCCCCCCCCC(=O)O. The molecule has 1 aliphatic heterocycles. The highest BCUT2D eigenvalue weighted by Crippen LogP contribution is 2.10. The van der Waals surface area contributed by atoms with Crippen molar-refractivity contribution in [1.82, 2.24) is 5.32 Å². The van der Waals surface area contributed by atoms with Gasteiger partial charge in [-0.15, -0.1) is 0 Å². The third-order valence-corrected chi connectivity index (χ3v) is 3.19. The number of carboxylic acids is 1. The number of dihydropyridines is 1. The Morgan fingerprint density at radius 1 is 1.00 bits per heavy atom. The van der Waals surface area contributed by atoms with Crippen LogP contribution in [-0.2, 0) is 4.79 Å². The van der Waals surface area contributed by atoms with Crippen LogP contribution in [0.5, 0.6) is 0 Å². The van der Waals surface area contributed by atoms with Gasteiger partial charge in [-0.3, -0.25) is 4.79 Å². The molecule has 0 unspecified atom stereocenters. The molecule has 0 bridgehead atoms. The smallest absolute Gasteiger partial charge is 0.303 e. The lowest BCUT2D eigenvalue weighted by atomic mass is 10.1. The van der Waals surface area contributed by atoms with Crippen molar-refractivity contribution in [1.29, 1.82) is 0 Å². The average Bonchev–Trinajstić information content (AvgIpc) is 2.48. The Bertz CT molecular complexity index is 260. The number of allylic oxidation sites excluding steroid dienone is 2. The molecule has 0 aromatic heterocycles. The lowest BCUT2D eigenvalue weighted by Crippen LogP contribution is -2.05. The van der Waals surface area contributed by atoms with Crippen LogP contribution in [0.25, 0.3) is 0 Å². The van der Waals surface area contributed by atoms with Crippen LogP contribution in [0.15, 0.2) is 24.4 Å². The Morgan fingerprint density at radius 2 is 1.60 bits per heavy atom. The van der Waals surface area contributed by atoms with Gasteiger partial charge in [0.2, 0.25) is 0 Å². The van der Waals surface area contributed by atoms with Gasteiger partial charge in [0, 0.05) is 13.0 Å². The Kier molecular flexibility index (Phi) is 14.8. The molecule has 3 nitrogen and oxygen atoms in total. The molecule has 1 aliphatic rings. The molecule has 1 rings (SSSR count). The van der Waals surface area contributed by atoms with Crippen molar-refractivity contribution < 1.29 is 9.90 Å². The first kappa shape index (κ1) is 18.8. The van der Waals surface area contributed by atoms with Crippen LogP contribution in [0.1, 0.15) is 71.1 Å². The zero-order chi connectivity index (χ0) is 14.9. The van der Waals surface area contributed by atoms with Crippen LogP contribution < -0.4 is 5.32 Å². The summed E-state index contributed by atoms with van der Waals surface area (Å²) in [5, 5.41) is 11.4. The number of nitrogens with one attached hydrogen (secondary N) is 1. The van der Waals surface area contributed by atoms with E-state index in [1.165, 1.54) is 44.9 Å². The van der Waals surface area contributed by atoms with Gasteiger partial charge >= 0.3 is 5.97 Å². The first-order valence-corrected chi connectivity index (χ1v) is 8.04. The predicted molar refractivity (Wildman–Crippen MR) is 85.8 cm³/mol. The van der Waals surface area contributed by atoms with E-state index < -0.39 is 5.97 Å². The molecule has 3 heteroatoms. The van der Waals surface area contributed by atoms with Crippen LogP contribution in [0.4, 0.5) is 0 Å². The number of hydrogen-bond acceptors (Lipinski definition) is 2. The summed E-state index contributed by atoms with van der Waals surface area (Å²) in [5.41, 5.74) is 0. The summed E-state index contributed by atoms with van der Waals surface area (Å²) in [5.74, 6) is -0.659. The van der Waals surface area contributed by atoms with E-state index in [2.05, 4.69) is 18.3 Å². The van der Waals surface area contributed by atoms with Crippen molar-refractivity contribution in [2.45, 2.75) is 71.1 Å². The summed E-state index contributed by atoms with van der Waals surface area (Å²) >= 11 is 0. The van der Waals surface area contributed by atoms with Crippen LogP contribution in [0, 0.1) is 0 Å². The van der Waals surface area contributed by atoms with E-state index >= 15 is 0 Å². The number of unbranched alkanes of at least 4 members (excludes halogenated alkanes) is 8. The predicted octanol–water partition coefficient (Wildman–Crippen LogP) is 4.65. The van der Waals surface area contributed by atoms with Crippen LogP contribution in [-0.4, -0.2) is 17.6 Å². The normalized spacial score (nSPS) is 12.4. The molecule has 0 fully saturated rings. The summed E-state index contributed by atoms with van der Waals surface area (Å²) in [4.78, 5) is 10.2. The first-order valence-electron chi connectivity index (χ1n) is 8.04. The number of rotatable bonds is 10. The maximum atomic E-state index is 10.2. The lowest BCUT2D eigenvalue weighted by molar-refractivity contribution is -0.137. The molecule has 0 radical (unpaired) electrons. The molecule has 0 aliphatic carbocycles. The zero-order valence-corrected chi connectivity index (χ0v) is 12.9. The third-order valence-electron chi connectivity index (χ3n) is 3.19. The van der Waals surface area contributed by atoms with Gasteiger partial charge in [-0.1, -0.05) is 70.4 Å². The fourth-order valence-corrected chi connectivity index (χ4v) is 1.99. The van der Waals surface area contributed by atoms with E-state index in [1.807, 2.05) is 18.4 Å². The average molecular weight is 281 g/mol. The van der Waals surface area contributed by atoms with E-state index in [9.17, 15) is 4.79 Å². The van der Waals surface area contributed by atoms with Gasteiger partial charge < -0.3 is 10.4 Å². The van der Waals surface area contributed by atoms with Gasteiger partial charge in [-0.05, 0) is 18.7 Å². The molecule has 0 spiro atoms. The molecule has 0 amide bonds. The fourth-order valence-electron chi connectivity index (χ4n) is 1.99. The van der Waals surface area contributed by atoms with Gasteiger partial charge in [-0.2, -0.15) is 0 Å². The molecule has 0 saturated heterocycles. The number of carbonyl (C=O) groups is 1. The zero-order valence-electron chi connectivity index (χ0n) is 12.9. The van der Waals surface area contributed by atoms with E-state index in [1.54, 1.807) is 0 Å². The highest BCUT2D eigenvalue weighted by atomic mass is 16.4. The van der Waals surface area contributed by atoms with Crippen molar-refractivity contribution >= 4 is 5.97 Å². The van der Waals surface area contributed by atoms with Crippen molar-refractivity contribution in [2.24, 2.45) is 0 Å². The number of carboxylic acid groups (broad SMARTS) is 1. The summed E-state index contributed by atoms with van der Waals surface area (Å²) in [7, 11) is 0. The van der Waals surface area contributed by atoms with Crippen LogP contribution in [0.2, 0.25) is 0 Å². The van der Waals surface area contributed by atoms with Gasteiger partial charge in [0.25, 0.3) is 0 Å². The minimum absolute atomic E-state index is 0.343. The monoisotopic (exact) mass is 281 g/mol. The quantitative estimate of drug-likeness (QED) is 0.573. The topological polar surface area (TPSA) is 49.3 Å². The highest BCUT2D eigenvalue weighted by Gasteiger charge is 1.96. The summed E-state index contributed by atoms with van der Waals surface area (Å²) in [6, 6.07) is 0. The lowest BCUT2D eigenvalue weighted by Gasteiger charge is -2.00. The minimum Gasteiger partial charge on any atom is -0.481 e. The fraction of sp³-hybridized carbons (Fsp3) is 0.706. The third kappa shape index (κ3) is 16.8. The molecule has 116 valence electrons. The maximum absolute atomic E-state index is 10.2. The summed E-state index contributed by atoms with van der Waals surface area (Å²) in [6.07, 6.45) is 19.5. The van der Waals surface area contributed by atoms with Gasteiger partial charge in [-0.25, -0.2) is 0 Å². The molecule has 0 aromatic carbocycles. The van der Waals surface area contributed by atoms with Gasteiger partial charge in [0.1, 0.15) is 0 Å². The standard InChI is InChI=1S/C12H24O2.C5H7N/c1-2-3-4-5-6-7-8-9-10-11-12(13)14;1-2-4-6-5-3-1/h2-11H2,1H3,(H,13,14);1-4,6H,5H2. The molecule has 2 N–H and O–H groups in total. The molecule has 20 heavy (non-hydrogen) atoms. The molecular formula is C17H31NO2. The Labute approximate surface area is 124 Å². The van der Waals surface area contributed by atoms with Crippen molar-refractivity contribution in [3.05, 3.63) is 24.4 Å². The van der Waals surface area contributed by atoms with Gasteiger partial charge in [0.15, 0.2) is 0 Å². The Morgan fingerprint density at radius 3 is 1.95 bits per heavy atom. The Hall–Kier alpha value is -1.25. The molecule has 1 heterocycles. The molecule has 0 atom stereocenters. The maximum Gasteiger partial charge on any atom is 0.303 e. The minimum atomic E-state index is -0.659. The number of aliphatic carboxylic acids is 1. The second kappa shape index (κ2) is 15.8. The van der Waals surface area contributed by atoms with Crippen molar-refractivity contribution in [3.63, 3.8) is 0 Å². The largest absolute Gasteiger partial charge is 0.481 e. The van der Waals surface area contributed by atoms with Crippen LogP contribution in [0.3, 0.4) is 0 Å². The molecule has 0 aromatic rings. The molecular weight excluding hydrogens is 250 g/mol. The van der Waals surface area contributed by atoms with Gasteiger partial charge in [0.05, 0.1) is 0 Å². The highest BCUT2D eigenvalue weighted by molar-refractivity contribution is 5.66. The molecule has 0 saturated carbocycles. The van der Waals surface area contributed by atoms with E-state index in [-0.39, 0.29) is 0 Å². The number of hydrogen-bond donors (Lipinski definition) is 2. The van der Waals surface area contributed by atoms with E-state index in [4.69, 9.17) is 5.11 Å². The Balaban J connectivity index is 0.000000493.